The van der Waals surface area contributed by atoms with Crippen LogP contribution in [0.15, 0.2) is 22.7 Å². The first-order valence-electron chi connectivity index (χ1n) is 5.95. The Hall–Kier alpha value is -0.450. The average molecular weight is 311 g/mol. The first kappa shape index (κ1) is 11.6. The number of nitrogens with zero attached hydrogens (tertiary/aromatic N) is 1. The molecule has 1 unspecified atom stereocenters. The van der Waals surface area contributed by atoms with Gasteiger partial charge in [0.05, 0.1) is 10.2 Å². The lowest BCUT2D eigenvalue weighted by Crippen LogP contribution is -2.40. The van der Waals surface area contributed by atoms with Gasteiger partial charge in [-0.25, -0.2) is 4.98 Å². The Kier molecular flexibility index (Phi) is 2.97. The van der Waals surface area contributed by atoms with Gasteiger partial charge in [0, 0.05) is 16.4 Å². The van der Waals surface area contributed by atoms with Crippen LogP contribution in [0.5, 0.6) is 0 Å². The van der Waals surface area contributed by atoms with Crippen LogP contribution >= 0.6 is 27.3 Å². The van der Waals surface area contributed by atoms with Crippen molar-refractivity contribution in [2.75, 3.05) is 13.1 Å². The molecule has 1 aromatic carbocycles. The Morgan fingerprint density at radius 2 is 2.35 bits per heavy atom. The van der Waals surface area contributed by atoms with Gasteiger partial charge in [-0.3, -0.25) is 0 Å². The fourth-order valence-corrected chi connectivity index (χ4v) is 4.09. The molecule has 4 heteroatoms. The summed E-state index contributed by atoms with van der Waals surface area (Å²) < 4.78 is 2.41. The van der Waals surface area contributed by atoms with Crippen molar-refractivity contribution in [2.45, 2.75) is 25.2 Å². The zero-order chi connectivity index (χ0) is 11.9. The van der Waals surface area contributed by atoms with E-state index >= 15 is 0 Å². The van der Waals surface area contributed by atoms with Crippen LogP contribution in [0.2, 0.25) is 0 Å². The lowest BCUT2D eigenvalue weighted by molar-refractivity contribution is 0.339. The summed E-state index contributed by atoms with van der Waals surface area (Å²) in [5, 5.41) is 4.76. The summed E-state index contributed by atoms with van der Waals surface area (Å²) in [6.07, 6.45) is 2.48. The van der Waals surface area contributed by atoms with Crippen LogP contribution < -0.4 is 5.32 Å². The summed E-state index contributed by atoms with van der Waals surface area (Å²) in [4.78, 5) is 4.81. The summed E-state index contributed by atoms with van der Waals surface area (Å²) in [7, 11) is 0. The number of hydrogen-bond acceptors (Lipinski definition) is 3. The predicted molar refractivity (Wildman–Crippen MR) is 76.8 cm³/mol. The fraction of sp³-hybridized carbons (Fsp3) is 0.462. The monoisotopic (exact) mass is 310 g/mol. The van der Waals surface area contributed by atoms with Gasteiger partial charge in [0.15, 0.2) is 0 Å². The highest BCUT2D eigenvalue weighted by Gasteiger charge is 2.31. The van der Waals surface area contributed by atoms with E-state index in [9.17, 15) is 0 Å². The first-order valence-corrected chi connectivity index (χ1v) is 7.56. The number of benzene rings is 1. The van der Waals surface area contributed by atoms with Crippen molar-refractivity contribution in [1.29, 1.82) is 0 Å². The van der Waals surface area contributed by atoms with Gasteiger partial charge in [0.2, 0.25) is 0 Å². The summed E-state index contributed by atoms with van der Waals surface area (Å²) in [5.41, 5.74) is 1.34. The second kappa shape index (κ2) is 4.34. The number of aromatic nitrogens is 1. The molecule has 0 spiro atoms. The van der Waals surface area contributed by atoms with Crippen LogP contribution in [0.1, 0.15) is 24.8 Å². The number of nitrogens with one attached hydrogen (secondary N) is 1. The summed E-state index contributed by atoms with van der Waals surface area (Å²) in [5.74, 6) is 0. The molecule has 2 aromatic rings. The van der Waals surface area contributed by atoms with Gasteiger partial charge in [-0.15, -0.1) is 11.3 Å². The molecule has 0 aliphatic carbocycles. The Morgan fingerprint density at radius 3 is 3.12 bits per heavy atom. The van der Waals surface area contributed by atoms with Crippen molar-refractivity contribution in [3.8, 4) is 0 Å². The molecule has 0 bridgehead atoms. The van der Waals surface area contributed by atoms with Crippen LogP contribution in [-0.2, 0) is 5.41 Å². The third kappa shape index (κ3) is 2.14. The minimum atomic E-state index is 0.217. The van der Waals surface area contributed by atoms with Crippen LogP contribution in [0, 0.1) is 0 Å². The van der Waals surface area contributed by atoms with E-state index in [0.29, 0.717) is 0 Å². The first-order chi connectivity index (χ1) is 8.17. The van der Waals surface area contributed by atoms with Gasteiger partial charge >= 0.3 is 0 Å². The molecule has 3 rings (SSSR count). The largest absolute Gasteiger partial charge is 0.316 e. The van der Waals surface area contributed by atoms with Crippen molar-refractivity contribution in [2.24, 2.45) is 0 Å². The van der Waals surface area contributed by atoms with Crippen molar-refractivity contribution in [3.05, 3.63) is 27.7 Å². The van der Waals surface area contributed by atoms with Gasteiger partial charge in [-0.1, -0.05) is 22.9 Å². The molecule has 90 valence electrons. The second-order valence-corrected chi connectivity index (χ2v) is 6.92. The molecular weight excluding hydrogens is 296 g/mol. The lowest BCUT2D eigenvalue weighted by Gasteiger charge is -2.32. The Morgan fingerprint density at radius 1 is 1.47 bits per heavy atom. The topological polar surface area (TPSA) is 24.9 Å². The molecule has 1 atom stereocenters. The van der Waals surface area contributed by atoms with E-state index in [4.69, 9.17) is 4.98 Å². The van der Waals surface area contributed by atoms with Gasteiger partial charge in [0.25, 0.3) is 0 Å². The highest BCUT2D eigenvalue weighted by atomic mass is 79.9. The maximum atomic E-state index is 4.81. The molecule has 17 heavy (non-hydrogen) atoms. The molecular formula is C13H15BrN2S. The second-order valence-electron chi connectivity index (χ2n) is 4.97. The van der Waals surface area contributed by atoms with Crippen LogP contribution in [0.25, 0.3) is 10.2 Å². The summed E-state index contributed by atoms with van der Waals surface area (Å²) in [6.45, 7) is 4.52. The van der Waals surface area contributed by atoms with Crippen molar-refractivity contribution < 1.29 is 0 Å². The van der Waals surface area contributed by atoms with Gasteiger partial charge in [-0.05, 0) is 37.6 Å². The zero-order valence-corrected chi connectivity index (χ0v) is 12.2. The Balaban J connectivity index is 2.05. The zero-order valence-electron chi connectivity index (χ0n) is 9.79. The van der Waals surface area contributed by atoms with Crippen molar-refractivity contribution >= 4 is 37.5 Å². The number of thiazole rings is 1. The standard InChI is InChI=1S/C13H15BrN2S/c1-13(5-2-6-15-8-13)12-16-10-4-3-9(14)7-11(10)17-12/h3-4,7,15H,2,5-6,8H2,1H3. The van der Waals surface area contributed by atoms with Crippen LogP contribution in [0.3, 0.4) is 0 Å². The molecule has 0 radical (unpaired) electrons. The third-order valence-electron chi connectivity index (χ3n) is 3.46. The number of piperidine rings is 1. The smallest absolute Gasteiger partial charge is 0.101 e. The highest BCUT2D eigenvalue weighted by Crippen LogP contribution is 2.36. The number of rotatable bonds is 1. The van der Waals surface area contributed by atoms with Crippen molar-refractivity contribution in [1.82, 2.24) is 10.3 Å². The number of halogens is 1. The molecule has 2 heterocycles. The maximum Gasteiger partial charge on any atom is 0.101 e. The molecule has 2 nitrogen and oxygen atoms in total. The van der Waals surface area contributed by atoms with Crippen molar-refractivity contribution in [3.63, 3.8) is 0 Å². The minimum Gasteiger partial charge on any atom is -0.316 e. The molecule has 1 fully saturated rings. The predicted octanol–water partition coefficient (Wildman–Crippen LogP) is 3.70. The SMILES string of the molecule is CC1(c2nc3ccc(Br)cc3s2)CCCNC1. The quantitative estimate of drug-likeness (QED) is 0.868. The van der Waals surface area contributed by atoms with E-state index in [1.807, 2.05) is 11.3 Å². The average Bonchev–Trinajstić information content (AvgIpc) is 2.73. The van der Waals surface area contributed by atoms with E-state index in [0.717, 1.165) is 23.1 Å². The molecule has 1 N–H and O–H groups in total. The normalized spacial score (nSPS) is 25.3. The molecule has 0 saturated carbocycles. The van der Waals surface area contributed by atoms with Crippen LogP contribution in [0.4, 0.5) is 0 Å². The molecule has 1 aliphatic heterocycles. The minimum absolute atomic E-state index is 0.217. The summed E-state index contributed by atoms with van der Waals surface area (Å²) in [6, 6.07) is 6.32. The molecule has 0 amide bonds. The molecule has 1 aromatic heterocycles. The lowest BCUT2D eigenvalue weighted by atomic mass is 9.83. The maximum absolute atomic E-state index is 4.81. The number of fused-ring (bicyclic) bond motifs is 1. The highest BCUT2D eigenvalue weighted by molar-refractivity contribution is 9.10. The Labute approximate surface area is 114 Å². The van der Waals surface area contributed by atoms with Gasteiger partial charge in [0.1, 0.15) is 5.01 Å². The number of hydrogen-bond donors (Lipinski definition) is 1. The van der Waals surface area contributed by atoms with E-state index < -0.39 is 0 Å². The van der Waals surface area contributed by atoms with E-state index in [2.05, 4.69) is 46.4 Å². The van der Waals surface area contributed by atoms with E-state index in [1.54, 1.807) is 0 Å². The third-order valence-corrected chi connectivity index (χ3v) is 5.28. The van der Waals surface area contributed by atoms with E-state index in [1.165, 1.54) is 22.5 Å². The summed E-state index contributed by atoms with van der Waals surface area (Å²) >= 11 is 5.35. The van der Waals surface area contributed by atoms with Crippen LogP contribution in [-0.4, -0.2) is 18.1 Å². The fourth-order valence-electron chi connectivity index (χ4n) is 2.40. The van der Waals surface area contributed by atoms with E-state index in [-0.39, 0.29) is 5.41 Å². The van der Waals surface area contributed by atoms with Gasteiger partial charge in [-0.2, -0.15) is 0 Å². The molecule has 1 saturated heterocycles. The Bertz CT molecular complexity index is 543. The molecule has 1 aliphatic rings. The van der Waals surface area contributed by atoms with Gasteiger partial charge < -0.3 is 5.32 Å².